The van der Waals surface area contributed by atoms with Crippen molar-refractivity contribution in [2.24, 2.45) is 0 Å². The summed E-state index contributed by atoms with van der Waals surface area (Å²) in [4.78, 5) is 31.4. The predicted molar refractivity (Wildman–Crippen MR) is 137 cm³/mol. The van der Waals surface area contributed by atoms with Gasteiger partial charge in [-0.2, -0.15) is 0 Å². The number of allylic oxidation sites excluding steroid dienone is 4. The molecule has 2 aliphatic rings. The van der Waals surface area contributed by atoms with Gasteiger partial charge < -0.3 is 14.8 Å². The van der Waals surface area contributed by atoms with Crippen molar-refractivity contribution in [3.63, 3.8) is 0 Å². The Hall–Kier alpha value is -4.40. The predicted octanol–water partition coefficient (Wildman–Crippen LogP) is 3.86. The Morgan fingerprint density at radius 3 is 2.81 bits per heavy atom. The fourth-order valence-corrected chi connectivity index (χ4v) is 4.66. The Balaban J connectivity index is 1.24. The molecule has 2 aliphatic heterocycles. The highest BCUT2D eigenvalue weighted by atomic mass is 19.1. The smallest absolute Gasteiger partial charge is 0.272 e. The Morgan fingerprint density at radius 1 is 1.14 bits per heavy atom. The molecule has 0 aliphatic carbocycles. The number of amides is 2. The van der Waals surface area contributed by atoms with Crippen LogP contribution in [0.4, 0.5) is 4.39 Å². The van der Waals surface area contributed by atoms with Gasteiger partial charge in [-0.15, -0.1) is 10.2 Å². The van der Waals surface area contributed by atoms with Crippen molar-refractivity contribution in [3.8, 4) is 0 Å². The van der Waals surface area contributed by atoms with Crippen molar-refractivity contribution in [2.75, 3.05) is 6.54 Å². The van der Waals surface area contributed by atoms with E-state index in [9.17, 15) is 14.0 Å². The van der Waals surface area contributed by atoms with Gasteiger partial charge in [-0.25, -0.2) is 4.39 Å². The minimum Gasteiger partial charge on any atom is -0.333 e. The zero-order chi connectivity index (χ0) is 25.9. The van der Waals surface area contributed by atoms with Crippen molar-refractivity contribution >= 4 is 17.4 Å². The number of nitrogens with zero attached hydrogens (tertiary/aromatic N) is 5. The second-order valence-corrected chi connectivity index (χ2v) is 9.18. The molecule has 1 N–H and O–H groups in total. The highest BCUT2D eigenvalue weighted by Gasteiger charge is 2.25. The number of benzene rings is 1. The van der Waals surface area contributed by atoms with Crippen LogP contribution in [0.2, 0.25) is 0 Å². The van der Waals surface area contributed by atoms with Crippen LogP contribution >= 0.6 is 0 Å². The fraction of sp³-hybridized carbons (Fsp3) is 0.250. The van der Waals surface area contributed by atoms with Gasteiger partial charge in [-0.1, -0.05) is 24.8 Å². The standard InChI is InChI=1S/C28H27FN6O2/c1-18(26-33-32-25-10-6-13-35(25)26)7-5-8-19(2)31-27(36)22-15-21-17-34(14-11-20(21)16-23(22)29)28(37)24-9-3-4-12-30-24/h3-5,7-9,12,15-16H,2,6,10-11,13-14,17H2,1H3,(H,31,36)/b8-5-,18-7+. The Morgan fingerprint density at radius 2 is 2.00 bits per heavy atom. The lowest BCUT2D eigenvalue weighted by molar-refractivity contribution is 0.0728. The van der Waals surface area contributed by atoms with Crippen LogP contribution in [0, 0.1) is 5.82 Å². The van der Waals surface area contributed by atoms with E-state index in [2.05, 4.69) is 31.6 Å². The summed E-state index contributed by atoms with van der Waals surface area (Å²) in [5.41, 5.74) is 3.06. The number of aryl methyl sites for hydroxylation is 1. The summed E-state index contributed by atoms with van der Waals surface area (Å²) >= 11 is 0. The molecular formula is C28H27FN6O2. The van der Waals surface area contributed by atoms with Gasteiger partial charge in [0.15, 0.2) is 5.82 Å². The van der Waals surface area contributed by atoms with Gasteiger partial charge in [0.05, 0.1) is 5.56 Å². The van der Waals surface area contributed by atoms with E-state index in [0.717, 1.165) is 47.7 Å². The van der Waals surface area contributed by atoms with Crippen LogP contribution in [0.1, 0.15) is 57.0 Å². The summed E-state index contributed by atoms with van der Waals surface area (Å²) < 4.78 is 16.9. The van der Waals surface area contributed by atoms with E-state index in [1.807, 2.05) is 13.0 Å². The molecule has 4 heterocycles. The number of hydrogen-bond donors (Lipinski definition) is 1. The minimum atomic E-state index is -0.603. The first-order chi connectivity index (χ1) is 17.9. The van der Waals surface area contributed by atoms with Gasteiger partial charge in [0.1, 0.15) is 17.3 Å². The largest absolute Gasteiger partial charge is 0.333 e. The lowest BCUT2D eigenvalue weighted by atomic mass is 9.96. The summed E-state index contributed by atoms with van der Waals surface area (Å²) in [5, 5.41) is 11.1. The summed E-state index contributed by atoms with van der Waals surface area (Å²) in [6.07, 6.45) is 9.37. The summed E-state index contributed by atoms with van der Waals surface area (Å²) in [6, 6.07) is 8.07. The van der Waals surface area contributed by atoms with E-state index in [1.54, 1.807) is 41.4 Å². The third-order valence-corrected chi connectivity index (χ3v) is 6.60. The molecular weight excluding hydrogens is 471 g/mol. The molecule has 0 fully saturated rings. The van der Waals surface area contributed by atoms with Gasteiger partial charge >= 0.3 is 0 Å². The molecule has 1 aromatic carbocycles. The molecule has 2 amide bonds. The Bertz CT molecular complexity index is 1440. The number of carbonyl (C=O) groups is 2. The molecule has 0 bridgehead atoms. The van der Waals surface area contributed by atoms with Crippen molar-refractivity contribution in [1.29, 1.82) is 0 Å². The number of aromatic nitrogens is 4. The molecule has 3 aromatic rings. The summed E-state index contributed by atoms with van der Waals surface area (Å²) in [5.74, 6) is 0.436. The Labute approximate surface area is 214 Å². The zero-order valence-corrected chi connectivity index (χ0v) is 20.6. The number of carbonyl (C=O) groups excluding carboxylic acids is 2. The molecule has 0 unspecified atom stereocenters. The average molecular weight is 499 g/mol. The van der Waals surface area contributed by atoms with Crippen LogP contribution in [0.3, 0.4) is 0 Å². The van der Waals surface area contributed by atoms with E-state index in [4.69, 9.17) is 0 Å². The molecule has 188 valence electrons. The number of halogens is 1. The second-order valence-electron chi connectivity index (χ2n) is 9.18. The minimum absolute atomic E-state index is 0.0915. The average Bonchev–Trinajstić information content (AvgIpc) is 3.52. The first kappa shape index (κ1) is 24.3. The van der Waals surface area contributed by atoms with Crippen LogP contribution in [-0.4, -0.2) is 43.0 Å². The molecule has 0 saturated heterocycles. The number of hydrogen-bond acceptors (Lipinski definition) is 5. The third-order valence-electron chi connectivity index (χ3n) is 6.60. The SMILES string of the molecule is C=C(/C=C\C=C(/C)c1nnc2n1CCC2)NC(=O)c1cc2c(cc1F)CCN(C(=O)c1ccccn1)C2. The van der Waals surface area contributed by atoms with Crippen LogP contribution in [0.5, 0.6) is 0 Å². The first-order valence-electron chi connectivity index (χ1n) is 12.2. The molecule has 0 atom stereocenters. The van der Waals surface area contributed by atoms with Gasteiger partial charge in [0.25, 0.3) is 11.8 Å². The van der Waals surface area contributed by atoms with Crippen LogP contribution < -0.4 is 5.32 Å². The fourth-order valence-electron chi connectivity index (χ4n) is 4.66. The number of fused-ring (bicyclic) bond motifs is 2. The molecule has 5 rings (SSSR count). The maximum atomic E-state index is 14.8. The quantitative estimate of drug-likeness (QED) is 0.521. The van der Waals surface area contributed by atoms with E-state index < -0.39 is 11.7 Å². The summed E-state index contributed by atoms with van der Waals surface area (Å²) in [6.45, 7) is 7.46. The van der Waals surface area contributed by atoms with Crippen molar-refractivity contribution < 1.29 is 14.0 Å². The van der Waals surface area contributed by atoms with Gasteiger partial charge in [-0.05, 0) is 66.8 Å². The maximum absolute atomic E-state index is 14.8. The van der Waals surface area contributed by atoms with E-state index in [1.165, 1.54) is 12.1 Å². The van der Waals surface area contributed by atoms with Crippen molar-refractivity contribution in [3.05, 3.63) is 107 Å². The van der Waals surface area contributed by atoms with Crippen molar-refractivity contribution in [2.45, 2.75) is 39.3 Å². The lowest BCUT2D eigenvalue weighted by Gasteiger charge is -2.29. The highest BCUT2D eigenvalue weighted by Crippen LogP contribution is 2.24. The van der Waals surface area contributed by atoms with Gasteiger partial charge in [0.2, 0.25) is 0 Å². The van der Waals surface area contributed by atoms with E-state index in [-0.39, 0.29) is 18.0 Å². The second kappa shape index (κ2) is 10.3. The number of nitrogens with one attached hydrogen (secondary N) is 1. The zero-order valence-electron chi connectivity index (χ0n) is 20.6. The van der Waals surface area contributed by atoms with E-state index >= 15 is 0 Å². The molecule has 8 nitrogen and oxygen atoms in total. The molecule has 2 aromatic heterocycles. The Kier molecular flexibility index (Phi) is 6.76. The third kappa shape index (κ3) is 5.11. The monoisotopic (exact) mass is 498 g/mol. The molecule has 37 heavy (non-hydrogen) atoms. The van der Waals surface area contributed by atoms with E-state index in [0.29, 0.717) is 24.4 Å². The van der Waals surface area contributed by atoms with Crippen LogP contribution in [0.25, 0.3) is 5.57 Å². The normalized spacial score (nSPS) is 15.0. The highest BCUT2D eigenvalue weighted by molar-refractivity contribution is 5.96. The number of pyridine rings is 1. The lowest BCUT2D eigenvalue weighted by Crippen LogP contribution is -2.36. The van der Waals surface area contributed by atoms with Crippen LogP contribution in [-0.2, 0) is 25.9 Å². The number of rotatable bonds is 6. The molecule has 0 saturated carbocycles. The van der Waals surface area contributed by atoms with Gasteiger partial charge in [-0.3, -0.25) is 14.6 Å². The maximum Gasteiger partial charge on any atom is 0.272 e. The summed E-state index contributed by atoms with van der Waals surface area (Å²) in [7, 11) is 0. The molecule has 9 heteroatoms. The molecule has 0 radical (unpaired) electrons. The molecule has 0 spiro atoms. The van der Waals surface area contributed by atoms with Crippen LogP contribution in [0.15, 0.2) is 67.0 Å². The topological polar surface area (TPSA) is 93.0 Å². The van der Waals surface area contributed by atoms with Crippen molar-refractivity contribution in [1.82, 2.24) is 30.0 Å². The first-order valence-corrected chi connectivity index (χ1v) is 12.2. The van der Waals surface area contributed by atoms with Gasteiger partial charge in [0, 0.05) is 37.9 Å².